The molecule has 62 heavy (non-hydrogen) atoms. The molecule has 0 saturated carbocycles. The second-order valence-corrected chi connectivity index (χ2v) is 24.1. The number of hydrogen-bond donors (Lipinski definition) is 0. The van der Waals surface area contributed by atoms with Gasteiger partial charge in [0.05, 0.1) is 24.9 Å². The molecule has 0 N–H and O–H groups in total. The minimum absolute atomic E-state index is 0. The van der Waals surface area contributed by atoms with Crippen molar-refractivity contribution >= 4 is 77.3 Å². The van der Waals surface area contributed by atoms with E-state index in [9.17, 15) is 0 Å². The zero-order chi connectivity index (χ0) is 43.5. The van der Waals surface area contributed by atoms with Crippen LogP contribution in [0.4, 0.5) is 0 Å². The molecule has 3 aromatic heterocycles. The Morgan fingerprint density at radius 1 is 0.661 bits per heavy atom. The number of imidazole rings is 1. The Morgan fingerprint density at radius 3 is 2.08 bits per heavy atom. The largest absolute Gasteiger partial charge is 0.333 e. The summed E-state index contributed by atoms with van der Waals surface area (Å²) in [5.74, 6) is 1.09. The molecule has 10 aromatic rings. The van der Waals surface area contributed by atoms with E-state index in [2.05, 4.69) is 178 Å². The van der Waals surface area contributed by atoms with Gasteiger partial charge in [0, 0.05) is 38.1 Å². The van der Waals surface area contributed by atoms with E-state index in [1.807, 2.05) is 55.6 Å². The molecule has 0 aliphatic heterocycles. The van der Waals surface area contributed by atoms with Gasteiger partial charge in [-0.3, -0.25) is 4.98 Å². The van der Waals surface area contributed by atoms with Gasteiger partial charge >= 0.3 is 0 Å². The van der Waals surface area contributed by atoms with Crippen LogP contribution in [0.15, 0.2) is 140 Å². The average Bonchev–Trinajstić information content (AvgIpc) is 3.85. The SMILES string of the molecule is CC(C)c1cccc(C(C)C)c1-n1c(-c2[c-]ccc3c2sc2ccc4c5ccccc5ccc4c23)nc2ccccc21.[2H]C(C)(C)c1cc(-c2[c-]cccc2)ncc1[Si](C)(C)C.[Ir]. The van der Waals surface area contributed by atoms with Gasteiger partial charge in [0.1, 0.15) is 0 Å². The predicted molar refractivity (Wildman–Crippen MR) is 267 cm³/mol. The number of pyridine rings is 1. The second kappa shape index (κ2) is 17.5. The van der Waals surface area contributed by atoms with Crippen molar-refractivity contribution in [2.24, 2.45) is 0 Å². The van der Waals surface area contributed by atoms with Gasteiger partial charge in [-0.05, 0) is 89.6 Å². The molecule has 0 atom stereocenters. The third kappa shape index (κ3) is 7.88. The van der Waals surface area contributed by atoms with Crippen LogP contribution in [-0.4, -0.2) is 22.6 Å². The van der Waals surface area contributed by atoms with E-state index in [0.29, 0.717) is 11.8 Å². The number of rotatable bonds is 7. The molecule has 0 fully saturated rings. The van der Waals surface area contributed by atoms with Crippen molar-refractivity contribution in [1.29, 1.82) is 0 Å². The molecule has 313 valence electrons. The maximum absolute atomic E-state index is 8.44. The van der Waals surface area contributed by atoms with Gasteiger partial charge in [0.25, 0.3) is 0 Å². The van der Waals surface area contributed by atoms with Gasteiger partial charge in [-0.15, -0.1) is 54.1 Å². The van der Waals surface area contributed by atoms with Gasteiger partial charge < -0.3 is 9.55 Å². The van der Waals surface area contributed by atoms with Gasteiger partial charge in [-0.1, -0.05) is 157 Å². The van der Waals surface area contributed by atoms with E-state index >= 15 is 0 Å². The molecular weight excluding hydrogens is 967 g/mol. The summed E-state index contributed by atoms with van der Waals surface area (Å²) < 4.78 is 13.4. The van der Waals surface area contributed by atoms with E-state index in [4.69, 9.17) is 6.35 Å². The van der Waals surface area contributed by atoms with Crippen molar-refractivity contribution in [3.05, 3.63) is 168 Å². The molecule has 6 heteroatoms. The number of fused-ring (bicyclic) bond motifs is 8. The first-order valence-electron chi connectivity index (χ1n) is 22.0. The van der Waals surface area contributed by atoms with Crippen LogP contribution in [0.3, 0.4) is 0 Å². The standard InChI is InChI=1S/C39H31N2S.C17H22NSi.Ir/c1-23(2)26-13-9-14-27(24(3)4)37(26)41-34-18-8-7-17-33(34)40-39(41)32-16-10-15-31-36-30-20-19-25-11-5-6-12-28(25)29(30)21-22-35(36)42-38(31)32;1-13(2)15-11-16(14-9-7-6-8-10-14)18-12-17(15)19(3,4)5;/h5-15,17-24H,1-4H3;6-9,11-13H,1-5H3;/q2*-1;/i;13D;. The smallest absolute Gasteiger partial charge is 0.0799 e. The molecule has 1 radical (unpaired) electrons. The summed E-state index contributed by atoms with van der Waals surface area (Å²) in [6.45, 7) is 19.9. The Bertz CT molecular complexity index is 3250. The predicted octanol–water partition coefficient (Wildman–Crippen LogP) is 15.6. The van der Waals surface area contributed by atoms with E-state index in [-0.39, 0.29) is 20.1 Å². The molecule has 10 rings (SSSR count). The van der Waals surface area contributed by atoms with Gasteiger partial charge in [0.2, 0.25) is 0 Å². The number of thiophene rings is 1. The molecule has 0 aliphatic rings. The van der Waals surface area contributed by atoms with E-state index < -0.39 is 14.0 Å². The first kappa shape index (κ1) is 42.1. The third-order valence-corrected chi connectivity index (χ3v) is 15.1. The van der Waals surface area contributed by atoms with Crippen molar-refractivity contribution in [2.45, 2.75) is 78.9 Å². The van der Waals surface area contributed by atoms with Crippen molar-refractivity contribution in [3.63, 3.8) is 0 Å². The van der Waals surface area contributed by atoms with Crippen LogP contribution in [0.25, 0.3) is 81.1 Å². The third-order valence-electron chi connectivity index (χ3n) is 11.9. The maximum atomic E-state index is 8.44. The normalized spacial score (nSPS) is 12.3. The number of hydrogen-bond acceptors (Lipinski definition) is 3. The minimum Gasteiger partial charge on any atom is -0.333 e. The summed E-state index contributed by atoms with van der Waals surface area (Å²) in [6, 6.07) is 54.3. The van der Waals surface area contributed by atoms with Crippen LogP contribution in [0.1, 0.15) is 77.3 Å². The average molecular weight is 1020 g/mol. The van der Waals surface area contributed by atoms with Crippen LogP contribution in [-0.2, 0) is 20.1 Å². The summed E-state index contributed by atoms with van der Waals surface area (Å²) in [5.41, 5.74) is 10.1. The Labute approximate surface area is 386 Å². The molecule has 3 heterocycles. The van der Waals surface area contributed by atoms with Crippen LogP contribution in [0, 0.1) is 12.1 Å². The fourth-order valence-corrected chi connectivity index (χ4v) is 11.6. The zero-order valence-electron chi connectivity index (χ0n) is 38.0. The molecule has 0 saturated heterocycles. The second-order valence-electron chi connectivity index (χ2n) is 18.0. The summed E-state index contributed by atoms with van der Waals surface area (Å²) >= 11 is 1.85. The van der Waals surface area contributed by atoms with Crippen molar-refractivity contribution < 1.29 is 21.5 Å². The van der Waals surface area contributed by atoms with Crippen LogP contribution < -0.4 is 5.19 Å². The van der Waals surface area contributed by atoms with Gasteiger partial charge in [-0.2, -0.15) is 11.3 Å². The summed E-state index contributed by atoms with van der Waals surface area (Å²) in [5, 5.41) is 9.04. The summed E-state index contributed by atoms with van der Waals surface area (Å²) in [6.07, 6.45) is 1.98. The monoisotopic (exact) mass is 1020 g/mol. The number of para-hydroxylation sites is 3. The molecule has 7 aromatic carbocycles. The fourth-order valence-electron chi connectivity index (χ4n) is 8.85. The Hall–Kier alpha value is -5.23. The molecule has 3 nitrogen and oxygen atoms in total. The van der Waals surface area contributed by atoms with Crippen LogP contribution >= 0.6 is 11.3 Å². The first-order chi connectivity index (χ1) is 29.7. The Balaban J connectivity index is 0.000000219. The van der Waals surface area contributed by atoms with Crippen molar-refractivity contribution in [2.75, 3.05) is 0 Å². The first-order valence-corrected chi connectivity index (χ1v) is 25.8. The fraction of sp³-hybridized carbons (Fsp3) is 0.214. The minimum atomic E-state index is -1.50. The number of nitrogens with zero attached hydrogens (tertiary/aromatic N) is 3. The molecule has 0 unspecified atom stereocenters. The molecule has 0 bridgehead atoms. The quantitative estimate of drug-likeness (QED) is 0.0905. The summed E-state index contributed by atoms with van der Waals surface area (Å²) in [4.78, 5) is 9.93. The number of benzene rings is 7. The Morgan fingerprint density at radius 2 is 1.37 bits per heavy atom. The molecule has 0 spiro atoms. The van der Waals surface area contributed by atoms with Crippen molar-refractivity contribution in [1.82, 2.24) is 14.5 Å². The number of aromatic nitrogens is 3. The van der Waals surface area contributed by atoms with Gasteiger partial charge in [0.15, 0.2) is 0 Å². The molecular formula is C56H53IrN3SSi-2. The van der Waals surface area contributed by atoms with Crippen molar-refractivity contribution in [3.8, 4) is 28.3 Å². The molecule has 0 aliphatic carbocycles. The Kier molecular flexibility index (Phi) is 11.9. The van der Waals surface area contributed by atoms with Crippen LogP contribution in [0.2, 0.25) is 19.6 Å². The molecule has 0 amide bonds. The summed E-state index contributed by atoms with van der Waals surface area (Å²) in [7, 11) is -1.50. The van der Waals surface area contributed by atoms with Gasteiger partial charge in [-0.25, -0.2) is 0 Å². The van der Waals surface area contributed by atoms with E-state index in [1.165, 1.54) is 63.7 Å². The topological polar surface area (TPSA) is 30.7 Å². The van der Waals surface area contributed by atoms with E-state index in [0.717, 1.165) is 39.2 Å². The van der Waals surface area contributed by atoms with E-state index in [1.54, 1.807) is 0 Å². The zero-order valence-corrected chi connectivity index (χ0v) is 41.2. The van der Waals surface area contributed by atoms with Crippen LogP contribution in [0.5, 0.6) is 0 Å². The maximum Gasteiger partial charge on any atom is 0.0799 e.